The van der Waals surface area contributed by atoms with Gasteiger partial charge in [-0.1, -0.05) is 11.6 Å². The summed E-state index contributed by atoms with van der Waals surface area (Å²) in [5, 5.41) is -0.0113. The first-order valence-corrected chi connectivity index (χ1v) is 8.93. The average molecular weight is 401 g/mol. The maximum Gasteiger partial charge on any atom is 0.416 e. The summed E-state index contributed by atoms with van der Waals surface area (Å²) < 4.78 is 50.0. The highest BCUT2D eigenvalue weighted by molar-refractivity contribution is 6.33. The number of fused-ring (bicyclic) bond motifs is 1. The SMILES string of the molecule is O=C(c1cc(C(F)(F)F)ccc1Cl)N1CCc2oc(C3CCOC3)nc2C1. The fraction of sp³-hybridized carbons (Fsp3) is 0.444. The molecule has 9 heteroatoms. The van der Waals surface area contributed by atoms with E-state index in [9.17, 15) is 18.0 Å². The van der Waals surface area contributed by atoms with Crippen molar-refractivity contribution in [2.24, 2.45) is 0 Å². The van der Waals surface area contributed by atoms with Gasteiger partial charge in [-0.05, 0) is 24.6 Å². The Labute approximate surface area is 158 Å². The quantitative estimate of drug-likeness (QED) is 0.763. The number of nitrogens with zero attached hydrogens (tertiary/aromatic N) is 2. The van der Waals surface area contributed by atoms with Crippen molar-refractivity contribution in [3.05, 3.63) is 51.7 Å². The van der Waals surface area contributed by atoms with Crippen molar-refractivity contribution < 1.29 is 27.1 Å². The molecule has 4 rings (SSSR count). The Morgan fingerprint density at radius 2 is 2.15 bits per heavy atom. The number of rotatable bonds is 2. The zero-order valence-corrected chi connectivity index (χ0v) is 14.9. The second kappa shape index (κ2) is 6.83. The first kappa shape index (κ1) is 18.3. The van der Waals surface area contributed by atoms with Crippen LogP contribution in [0.5, 0.6) is 0 Å². The van der Waals surface area contributed by atoms with E-state index in [4.69, 9.17) is 20.8 Å². The van der Waals surface area contributed by atoms with Gasteiger partial charge in [-0.2, -0.15) is 13.2 Å². The fourth-order valence-corrected chi connectivity index (χ4v) is 3.53. The lowest BCUT2D eigenvalue weighted by Gasteiger charge is -2.26. The van der Waals surface area contributed by atoms with Crippen LogP contribution < -0.4 is 0 Å². The summed E-state index contributed by atoms with van der Waals surface area (Å²) in [6, 6.07) is 2.76. The molecule has 1 saturated heterocycles. The van der Waals surface area contributed by atoms with Crippen LogP contribution in [0, 0.1) is 0 Å². The molecule has 0 spiro atoms. The number of carbonyl (C=O) groups excluding carboxylic acids is 1. The third kappa shape index (κ3) is 3.55. The summed E-state index contributed by atoms with van der Waals surface area (Å²) in [7, 11) is 0. The molecule has 1 unspecified atom stereocenters. The van der Waals surface area contributed by atoms with Gasteiger partial charge in [0.25, 0.3) is 5.91 Å². The molecule has 0 N–H and O–H groups in total. The van der Waals surface area contributed by atoms with Crippen LogP contribution in [0.4, 0.5) is 13.2 Å². The lowest BCUT2D eigenvalue weighted by Crippen LogP contribution is -2.36. The van der Waals surface area contributed by atoms with Crippen LogP contribution in [0.25, 0.3) is 0 Å². The summed E-state index contributed by atoms with van der Waals surface area (Å²) in [4.78, 5) is 18.7. The molecular formula is C18H16ClF3N2O3. The van der Waals surface area contributed by atoms with Gasteiger partial charge < -0.3 is 14.1 Å². The van der Waals surface area contributed by atoms with Gasteiger partial charge >= 0.3 is 6.18 Å². The molecule has 1 fully saturated rings. The van der Waals surface area contributed by atoms with Crippen LogP contribution in [0.15, 0.2) is 22.6 Å². The molecule has 27 heavy (non-hydrogen) atoms. The van der Waals surface area contributed by atoms with Crippen molar-refractivity contribution in [1.29, 1.82) is 0 Å². The number of hydrogen-bond donors (Lipinski definition) is 0. The van der Waals surface area contributed by atoms with Gasteiger partial charge in [0.1, 0.15) is 11.5 Å². The molecule has 2 aliphatic rings. The van der Waals surface area contributed by atoms with Crippen molar-refractivity contribution in [2.45, 2.75) is 31.5 Å². The van der Waals surface area contributed by atoms with Crippen LogP contribution in [-0.2, 0) is 23.9 Å². The summed E-state index contributed by atoms with van der Waals surface area (Å²) in [5.74, 6) is 0.878. The predicted molar refractivity (Wildman–Crippen MR) is 89.6 cm³/mol. The minimum atomic E-state index is -4.54. The van der Waals surface area contributed by atoms with Gasteiger partial charge in [-0.15, -0.1) is 0 Å². The molecule has 1 aromatic carbocycles. The Kier molecular flexibility index (Phi) is 4.63. The van der Waals surface area contributed by atoms with Crippen LogP contribution in [0.2, 0.25) is 5.02 Å². The van der Waals surface area contributed by atoms with Gasteiger partial charge in [-0.3, -0.25) is 4.79 Å². The van der Waals surface area contributed by atoms with Crippen molar-refractivity contribution in [3.63, 3.8) is 0 Å². The van der Waals surface area contributed by atoms with Crippen LogP contribution in [0.1, 0.15) is 45.6 Å². The molecule has 0 radical (unpaired) electrons. The van der Waals surface area contributed by atoms with Crippen molar-refractivity contribution in [1.82, 2.24) is 9.88 Å². The van der Waals surface area contributed by atoms with E-state index < -0.39 is 17.6 Å². The maximum atomic E-state index is 13.0. The molecule has 1 atom stereocenters. The first-order valence-electron chi connectivity index (χ1n) is 8.55. The number of ether oxygens (including phenoxy) is 1. The normalized spacial score (nSPS) is 20.0. The number of aromatic nitrogens is 1. The smallest absolute Gasteiger partial charge is 0.416 e. The predicted octanol–water partition coefficient (Wildman–Crippen LogP) is 4.05. The number of amides is 1. The summed E-state index contributed by atoms with van der Waals surface area (Å²) in [6.07, 6.45) is -3.25. The Hall–Kier alpha value is -2.06. The zero-order valence-electron chi connectivity index (χ0n) is 14.2. The summed E-state index contributed by atoms with van der Waals surface area (Å²) in [6.45, 7) is 1.73. The first-order chi connectivity index (χ1) is 12.8. The van der Waals surface area contributed by atoms with E-state index in [1.807, 2.05) is 0 Å². The van der Waals surface area contributed by atoms with E-state index in [2.05, 4.69) is 4.98 Å². The van der Waals surface area contributed by atoms with Crippen molar-refractivity contribution in [2.75, 3.05) is 19.8 Å². The van der Waals surface area contributed by atoms with Gasteiger partial charge in [0.15, 0.2) is 5.89 Å². The van der Waals surface area contributed by atoms with Crippen molar-refractivity contribution >= 4 is 17.5 Å². The Bertz CT molecular complexity index is 875. The highest BCUT2D eigenvalue weighted by Crippen LogP contribution is 2.33. The van der Waals surface area contributed by atoms with Gasteiger partial charge in [0.05, 0.1) is 35.2 Å². The third-order valence-corrected chi connectivity index (χ3v) is 5.16. The van der Waals surface area contributed by atoms with E-state index in [0.29, 0.717) is 37.8 Å². The van der Waals surface area contributed by atoms with E-state index in [1.54, 1.807) is 0 Å². The molecule has 3 heterocycles. The number of alkyl halides is 3. The lowest BCUT2D eigenvalue weighted by atomic mass is 10.1. The molecule has 2 aromatic rings. The molecule has 0 bridgehead atoms. The Morgan fingerprint density at radius 1 is 1.33 bits per heavy atom. The molecule has 5 nitrogen and oxygen atoms in total. The number of hydrogen-bond acceptors (Lipinski definition) is 4. The maximum absolute atomic E-state index is 13.0. The minimum Gasteiger partial charge on any atom is -0.445 e. The van der Waals surface area contributed by atoms with E-state index in [0.717, 1.165) is 30.4 Å². The van der Waals surface area contributed by atoms with E-state index in [1.165, 1.54) is 4.90 Å². The highest BCUT2D eigenvalue weighted by atomic mass is 35.5. The molecule has 0 aliphatic carbocycles. The Balaban J connectivity index is 1.56. The van der Waals surface area contributed by atoms with E-state index in [-0.39, 0.29) is 23.0 Å². The topological polar surface area (TPSA) is 55.6 Å². The molecule has 1 amide bonds. The minimum absolute atomic E-state index is 0.0113. The fourth-order valence-electron chi connectivity index (χ4n) is 3.33. The highest BCUT2D eigenvalue weighted by Gasteiger charge is 2.34. The lowest BCUT2D eigenvalue weighted by molar-refractivity contribution is -0.137. The number of carbonyl (C=O) groups is 1. The molecule has 0 saturated carbocycles. The summed E-state index contributed by atoms with van der Waals surface area (Å²) >= 11 is 5.99. The van der Waals surface area contributed by atoms with Crippen LogP contribution in [-0.4, -0.2) is 35.5 Å². The zero-order chi connectivity index (χ0) is 19.2. The van der Waals surface area contributed by atoms with Gasteiger partial charge in [0, 0.05) is 19.6 Å². The molecule has 144 valence electrons. The monoisotopic (exact) mass is 400 g/mol. The second-order valence-corrected chi connectivity index (χ2v) is 7.06. The van der Waals surface area contributed by atoms with Crippen LogP contribution in [0.3, 0.4) is 0 Å². The van der Waals surface area contributed by atoms with Crippen LogP contribution >= 0.6 is 11.6 Å². The number of oxazole rings is 1. The third-order valence-electron chi connectivity index (χ3n) is 4.83. The average Bonchev–Trinajstić information content (AvgIpc) is 3.29. The summed E-state index contributed by atoms with van der Waals surface area (Å²) in [5.41, 5.74) is -0.430. The molecule has 1 aromatic heterocycles. The number of benzene rings is 1. The van der Waals surface area contributed by atoms with E-state index >= 15 is 0 Å². The second-order valence-electron chi connectivity index (χ2n) is 6.65. The molecule has 2 aliphatic heterocycles. The van der Waals surface area contributed by atoms with Gasteiger partial charge in [-0.25, -0.2) is 4.98 Å². The molecular weight excluding hydrogens is 385 g/mol. The van der Waals surface area contributed by atoms with Gasteiger partial charge in [0.2, 0.25) is 0 Å². The van der Waals surface area contributed by atoms with Crippen molar-refractivity contribution in [3.8, 4) is 0 Å². The largest absolute Gasteiger partial charge is 0.445 e. The number of halogens is 4. The standard InChI is InChI=1S/C18H16ClF3N2O3/c19-13-2-1-11(18(20,21)22)7-12(13)17(25)24-5-3-15-14(8-24)23-16(27-15)10-4-6-26-9-10/h1-2,7,10H,3-6,8-9H2. The Morgan fingerprint density at radius 3 is 2.85 bits per heavy atom.